The number of benzene rings is 6. The smallest absolute Gasteiger partial charge is 0.155 e. The highest BCUT2D eigenvalue weighted by atomic mass is 32.1. The fourth-order valence-electron chi connectivity index (χ4n) is 7.72. The van der Waals surface area contributed by atoms with E-state index in [1.807, 2.05) is 11.3 Å². The van der Waals surface area contributed by atoms with E-state index in [1.165, 1.54) is 75.3 Å². The highest BCUT2D eigenvalue weighted by Gasteiger charge is 2.35. The maximum absolute atomic E-state index is 6.74. The number of aromatic nitrogens is 1. The SMILES string of the molecule is CC1(C)c2ccccc2-c2ccc(-n3c4ccccc4c4c5c6ccccc6sc5c5oc6ccccc6c5c43)cc21. The lowest BCUT2D eigenvalue weighted by Crippen LogP contribution is -2.15. The van der Waals surface area contributed by atoms with Gasteiger partial charge in [-0.2, -0.15) is 0 Å². The minimum Gasteiger partial charge on any atom is -0.454 e. The molecule has 0 bridgehead atoms. The van der Waals surface area contributed by atoms with Gasteiger partial charge in [0.05, 0.1) is 21.1 Å². The summed E-state index contributed by atoms with van der Waals surface area (Å²) in [5.74, 6) is 0. The Bertz CT molecular complexity index is 2610. The number of hydrogen-bond donors (Lipinski definition) is 0. The molecule has 0 saturated heterocycles. The van der Waals surface area contributed by atoms with Gasteiger partial charge in [0.2, 0.25) is 0 Å². The molecule has 3 heterocycles. The van der Waals surface area contributed by atoms with Gasteiger partial charge in [-0.3, -0.25) is 0 Å². The largest absolute Gasteiger partial charge is 0.454 e. The molecule has 10 rings (SSSR count). The van der Waals surface area contributed by atoms with Crippen molar-refractivity contribution in [2.24, 2.45) is 0 Å². The first-order valence-electron chi connectivity index (χ1n) is 14.5. The molecule has 3 heteroatoms. The quantitative estimate of drug-likeness (QED) is 0.197. The van der Waals surface area contributed by atoms with Gasteiger partial charge in [-0.1, -0.05) is 98.8 Å². The third-order valence-corrected chi connectivity index (χ3v) is 10.8. The minimum atomic E-state index is -0.0742. The van der Waals surface area contributed by atoms with Gasteiger partial charge in [-0.25, -0.2) is 0 Å². The molecule has 9 aromatic rings. The molecule has 0 unspecified atom stereocenters. The summed E-state index contributed by atoms with van der Waals surface area (Å²) < 4.78 is 11.7. The van der Waals surface area contributed by atoms with E-state index in [1.54, 1.807) is 0 Å². The molecule has 3 aromatic heterocycles. The predicted octanol–water partition coefficient (Wildman–Crippen LogP) is 11.4. The number of fused-ring (bicyclic) bond motifs is 15. The van der Waals surface area contributed by atoms with Crippen LogP contribution in [-0.2, 0) is 5.41 Å². The molecule has 0 radical (unpaired) electrons. The van der Waals surface area contributed by atoms with Crippen molar-refractivity contribution in [1.82, 2.24) is 4.57 Å². The summed E-state index contributed by atoms with van der Waals surface area (Å²) in [5.41, 5.74) is 10.9. The van der Waals surface area contributed by atoms with Crippen LogP contribution < -0.4 is 0 Å². The first-order chi connectivity index (χ1) is 20.6. The third kappa shape index (κ3) is 2.66. The van der Waals surface area contributed by atoms with Crippen LogP contribution in [0, 0.1) is 0 Å². The number of furan rings is 1. The summed E-state index contributed by atoms with van der Waals surface area (Å²) in [7, 11) is 0. The number of para-hydroxylation sites is 2. The zero-order chi connectivity index (χ0) is 27.7. The zero-order valence-electron chi connectivity index (χ0n) is 23.2. The van der Waals surface area contributed by atoms with E-state index in [4.69, 9.17) is 4.42 Å². The van der Waals surface area contributed by atoms with Gasteiger partial charge in [0.15, 0.2) is 5.58 Å². The van der Waals surface area contributed by atoms with Crippen molar-refractivity contribution in [3.05, 3.63) is 126 Å². The molecule has 0 N–H and O–H groups in total. The second-order valence-electron chi connectivity index (χ2n) is 12.1. The molecule has 0 aliphatic heterocycles. The maximum Gasteiger partial charge on any atom is 0.155 e. The van der Waals surface area contributed by atoms with Crippen molar-refractivity contribution in [1.29, 1.82) is 0 Å². The van der Waals surface area contributed by atoms with Crippen LogP contribution in [0.4, 0.5) is 0 Å². The Morgan fingerprint density at radius 3 is 2.24 bits per heavy atom. The Kier molecular flexibility index (Phi) is 4.18. The van der Waals surface area contributed by atoms with Crippen LogP contribution in [0.25, 0.3) is 80.7 Å². The molecule has 198 valence electrons. The lowest BCUT2D eigenvalue weighted by atomic mass is 9.82. The Hall–Kier alpha value is -4.86. The number of hydrogen-bond acceptors (Lipinski definition) is 2. The summed E-state index contributed by atoms with van der Waals surface area (Å²) in [4.78, 5) is 0. The summed E-state index contributed by atoms with van der Waals surface area (Å²) in [6, 6.07) is 42.2. The molecule has 1 aliphatic carbocycles. The fourth-order valence-corrected chi connectivity index (χ4v) is 8.92. The van der Waals surface area contributed by atoms with E-state index >= 15 is 0 Å². The second-order valence-corrected chi connectivity index (χ2v) is 13.1. The zero-order valence-corrected chi connectivity index (χ0v) is 24.0. The summed E-state index contributed by atoms with van der Waals surface area (Å²) in [6.45, 7) is 4.71. The molecule has 0 atom stereocenters. The van der Waals surface area contributed by atoms with Crippen molar-refractivity contribution in [3.63, 3.8) is 0 Å². The molecule has 2 nitrogen and oxygen atoms in total. The van der Waals surface area contributed by atoms with E-state index in [0.717, 1.165) is 16.6 Å². The van der Waals surface area contributed by atoms with Gasteiger partial charge in [-0.15, -0.1) is 11.3 Å². The lowest BCUT2D eigenvalue weighted by molar-refractivity contribution is 0.660. The van der Waals surface area contributed by atoms with Gasteiger partial charge in [0, 0.05) is 42.7 Å². The molecular weight excluding hydrogens is 531 g/mol. The van der Waals surface area contributed by atoms with Crippen molar-refractivity contribution in [2.75, 3.05) is 0 Å². The number of nitrogens with zero attached hydrogens (tertiary/aromatic N) is 1. The molecule has 0 spiro atoms. The Morgan fingerprint density at radius 1 is 0.619 bits per heavy atom. The maximum atomic E-state index is 6.74. The van der Waals surface area contributed by atoms with E-state index in [0.29, 0.717) is 0 Å². The molecule has 6 aromatic carbocycles. The van der Waals surface area contributed by atoms with Crippen molar-refractivity contribution in [2.45, 2.75) is 19.3 Å². The van der Waals surface area contributed by atoms with Crippen molar-refractivity contribution in [3.8, 4) is 16.8 Å². The molecule has 0 saturated carbocycles. The summed E-state index contributed by atoms with van der Waals surface area (Å²) in [6.07, 6.45) is 0. The first kappa shape index (κ1) is 22.8. The van der Waals surface area contributed by atoms with Crippen LogP contribution >= 0.6 is 11.3 Å². The minimum absolute atomic E-state index is 0.0742. The van der Waals surface area contributed by atoms with E-state index in [9.17, 15) is 0 Å². The van der Waals surface area contributed by atoms with Crippen LogP contribution in [0.15, 0.2) is 120 Å². The van der Waals surface area contributed by atoms with Gasteiger partial charge in [0.25, 0.3) is 0 Å². The second kappa shape index (κ2) is 7.70. The third-order valence-electron chi connectivity index (χ3n) is 9.58. The van der Waals surface area contributed by atoms with Crippen LogP contribution in [0.3, 0.4) is 0 Å². The number of thiophene rings is 1. The van der Waals surface area contributed by atoms with Crippen LogP contribution in [-0.4, -0.2) is 4.57 Å². The van der Waals surface area contributed by atoms with E-state index in [-0.39, 0.29) is 5.41 Å². The topological polar surface area (TPSA) is 18.1 Å². The Labute approximate surface area is 246 Å². The lowest BCUT2D eigenvalue weighted by Gasteiger charge is -2.22. The standard InChI is InChI=1S/C39H25NOS/c1-39(2)28-15-7-3-11-23(28)24-20-19-22(21-29(24)39)40-30-16-8-4-12-25(30)33-34-27-14-6-10-18-32(27)42-38(34)37-35(36(33)40)26-13-5-9-17-31(26)41-37/h3-21H,1-2H3. The molecule has 42 heavy (non-hydrogen) atoms. The number of rotatable bonds is 1. The van der Waals surface area contributed by atoms with E-state index < -0.39 is 0 Å². The molecular formula is C39H25NOS. The highest BCUT2D eigenvalue weighted by Crippen LogP contribution is 2.52. The fraction of sp³-hybridized carbons (Fsp3) is 0.0769. The molecule has 0 fully saturated rings. The average Bonchev–Trinajstić information content (AvgIpc) is 3.74. The van der Waals surface area contributed by atoms with E-state index in [2.05, 4.69) is 134 Å². The average molecular weight is 556 g/mol. The highest BCUT2D eigenvalue weighted by molar-refractivity contribution is 7.27. The van der Waals surface area contributed by atoms with Crippen LogP contribution in [0.1, 0.15) is 25.0 Å². The normalized spacial score (nSPS) is 14.1. The monoisotopic (exact) mass is 555 g/mol. The first-order valence-corrected chi connectivity index (χ1v) is 15.4. The van der Waals surface area contributed by atoms with Crippen LogP contribution in [0.2, 0.25) is 0 Å². The van der Waals surface area contributed by atoms with Crippen LogP contribution in [0.5, 0.6) is 0 Å². The van der Waals surface area contributed by atoms with Gasteiger partial charge < -0.3 is 8.98 Å². The molecule has 1 aliphatic rings. The predicted molar refractivity (Wildman–Crippen MR) is 179 cm³/mol. The molecule has 0 amide bonds. The van der Waals surface area contributed by atoms with Crippen molar-refractivity contribution < 1.29 is 4.42 Å². The van der Waals surface area contributed by atoms with Gasteiger partial charge in [-0.05, 0) is 52.6 Å². The Morgan fingerprint density at radius 2 is 1.33 bits per heavy atom. The summed E-state index contributed by atoms with van der Waals surface area (Å²) >= 11 is 1.84. The summed E-state index contributed by atoms with van der Waals surface area (Å²) in [5, 5.41) is 7.52. The van der Waals surface area contributed by atoms with Gasteiger partial charge >= 0.3 is 0 Å². The Balaban J connectivity index is 1.45. The van der Waals surface area contributed by atoms with Gasteiger partial charge in [0.1, 0.15) is 5.58 Å². The van der Waals surface area contributed by atoms with Crippen molar-refractivity contribution >= 4 is 75.3 Å².